The molecule has 0 fully saturated rings. The van der Waals surface area contributed by atoms with Gasteiger partial charge in [0.15, 0.2) is 0 Å². The molecular formula is C48H31NOS. The maximum atomic E-state index is 6.76. The number of fused-ring (bicyclic) bond motifs is 6. The SMILES string of the molecule is c1ccc(-c2ccc(N(c3ccc4c(c3)oc3c(-c5ccccc5)cccc34)c3cccc4sc5c(-c6ccccc6)cccc5c34)cc2)cc1. The van der Waals surface area contributed by atoms with Crippen molar-refractivity contribution < 1.29 is 4.42 Å². The van der Waals surface area contributed by atoms with E-state index in [0.29, 0.717) is 0 Å². The van der Waals surface area contributed by atoms with Crippen LogP contribution in [-0.4, -0.2) is 0 Å². The average molecular weight is 670 g/mol. The molecule has 0 aliphatic carbocycles. The van der Waals surface area contributed by atoms with E-state index in [-0.39, 0.29) is 0 Å². The van der Waals surface area contributed by atoms with Crippen LogP contribution in [0.25, 0.3) is 75.5 Å². The van der Waals surface area contributed by atoms with Crippen molar-refractivity contribution in [2.75, 3.05) is 4.90 Å². The Kier molecular flexibility index (Phi) is 7.04. The first-order valence-electron chi connectivity index (χ1n) is 17.3. The number of furan rings is 1. The summed E-state index contributed by atoms with van der Waals surface area (Å²) < 4.78 is 9.32. The molecule has 0 saturated heterocycles. The minimum atomic E-state index is 0.866. The van der Waals surface area contributed by atoms with E-state index in [1.54, 1.807) is 0 Å². The summed E-state index contributed by atoms with van der Waals surface area (Å²) in [6.45, 7) is 0. The molecule has 2 aromatic heterocycles. The summed E-state index contributed by atoms with van der Waals surface area (Å²) in [5, 5.41) is 4.74. The van der Waals surface area contributed by atoms with Crippen molar-refractivity contribution in [1.82, 2.24) is 0 Å². The predicted molar refractivity (Wildman–Crippen MR) is 218 cm³/mol. The van der Waals surface area contributed by atoms with Gasteiger partial charge in [0, 0.05) is 53.9 Å². The van der Waals surface area contributed by atoms with E-state index >= 15 is 0 Å². The number of nitrogens with zero attached hydrogens (tertiary/aromatic N) is 1. The van der Waals surface area contributed by atoms with E-state index in [4.69, 9.17) is 4.42 Å². The highest BCUT2D eigenvalue weighted by atomic mass is 32.1. The lowest BCUT2D eigenvalue weighted by molar-refractivity contribution is 0.670. The normalized spacial score (nSPS) is 11.5. The van der Waals surface area contributed by atoms with Crippen LogP contribution in [0.4, 0.5) is 17.1 Å². The van der Waals surface area contributed by atoms with Gasteiger partial charge in [-0.05, 0) is 64.2 Å². The molecule has 0 spiro atoms. The van der Waals surface area contributed by atoms with Gasteiger partial charge in [0.2, 0.25) is 0 Å². The van der Waals surface area contributed by atoms with Crippen LogP contribution in [0.3, 0.4) is 0 Å². The highest BCUT2D eigenvalue weighted by molar-refractivity contribution is 7.26. The van der Waals surface area contributed by atoms with Crippen LogP contribution in [0.2, 0.25) is 0 Å². The molecule has 0 N–H and O–H groups in total. The van der Waals surface area contributed by atoms with Gasteiger partial charge in [-0.2, -0.15) is 0 Å². The van der Waals surface area contributed by atoms with Gasteiger partial charge in [-0.25, -0.2) is 0 Å². The standard InChI is InChI=1S/C48H31NOS/c1-4-13-32(14-5-1)33-25-27-36(28-26-33)49(37-29-30-40-41-21-10-19-38(34-15-6-2-7-16-34)47(41)50-44(40)31-37)43-23-12-24-45-46(43)42-22-11-20-39(48(42)51-45)35-17-8-3-9-18-35/h1-31H. The molecule has 0 atom stereocenters. The van der Waals surface area contributed by atoms with Crippen molar-refractivity contribution in [3.05, 3.63) is 188 Å². The molecule has 2 nitrogen and oxygen atoms in total. The molecule has 240 valence electrons. The van der Waals surface area contributed by atoms with Crippen molar-refractivity contribution in [3.63, 3.8) is 0 Å². The largest absolute Gasteiger partial charge is 0.455 e. The third-order valence-electron chi connectivity index (χ3n) is 9.88. The van der Waals surface area contributed by atoms with Gasteiger partial charge in [0.05, 0.1) is 5.69 Å². The quantitative estimate of drug-likeness (QED) is 0.175. The van der Waals surface area contributed by atoms with E-state index in [9.17, 15) is 0 Å². The lowest BCUT2D eigenvalue weighted by atomic mass is 10.0. The summed E-state index contributed by atoms with van der Waals surface area (Å²) in [5.41, 5.74) is 12.2. The third kappa shape index (κ3) is 5.01. The Bertz CT molecular complexity index is 2840. The maximum Gasteiger partial charge on any atom is 0.143 e. The van der Waals surface area contributed by atoms with Crippen molar-refractivity contribution in [2.24, 2.45) is 0 Å². The number of rotatable bonds is 6. The monoisotopic (exact) mass is 669 g/mol. The van der Waals surface area contributed by atoms with Gasteiger partial charge >= 0.3 is 0 Å². The van der Waals surface area contributed by atoms with Gasteiger partial charge < -0.3 is 9.32 Å². The van der Waals surface area contributed by atoms with Crippen molar-refractivity contribution >= 4 is 70.5 Å². The van der Waals surface area contributed by atoms with Crippen LogP contribution in [0.15, 0.2) is 192 Å². The molecule has 0 radical (unpaired) electrons. The fourth-order valence-corrected chi connectivity index (χ4v) is 8.75. The smallest absolute Gasteiger partial charge is 0.143 e. The third-order valence-corrected chi connectivity index (χ3v) is 11.1. The number of anilines is 3. The summed E-state index contributed by atoms with van der Waals surface area (Å²) in [6.07, 6.45) is 0. The Balaban J connectivity index is 1.19. The summed E-state index contributed by atoms with van der Waals surface area (Å²) in [6, 6.07) is 67.2. The van der Waals surface area contributed by atoms with Gasteiger partial charge in [0.25, 0.3) is 0 Å². The summed E-state index contributed by atoms with van der Waals surface area (Å²) >= 11 is 1.86. The van der Waals surface area contributed by atoms with E-state index in [1.165, 1.54) is 42.4 Å². The molecule has 51 heavy (non-hydrogen) atoms. The Labute approximate surface area is 300 Å². The van der Waals surface area contributed by atoms with E-state index in [0.717, 1.165) is 50.1 Å². The maximum absolute atomic E-state index is 6.76. The van der Waals surface area contributed by atoms with Crippen LogP contribution in [0.5, 0.6) is 0 Å². The second kappa shape index (κ2) is 12.2. The minimum absolute atomic E-state index is 0.866. The number of hydrogen-bond donors (Lipinski definition) is 0. The number of benzene rings is 8. The lowest BCUT2D eigenvalue weighted by Crippen LogP contribution is -2.10. The Morgan fingerprint density at radius 3 is 1.73 bits per heavy atom. The summed E-state index contributed by atoms with van der Waals surface area (Å²) in [7, 11) is 0. The molecule has 0 bridgehead atoms. The van der Waals surface area contributed by atoms with Gasteiger partial charge in [-0.15, -0.1) is 11.3 Å². The van der Waals surface area contributed by atoms with Gasteiger partial charge in [-0.3, -0.25) is 0 Å². The molecule has 10 rings (SSSR count). The van der Waals surface area contributed by atoms with Crippen LogP contribution >= 0.6 is 11.3 Å². The second-order valence-electron chi connectivity index (χ2n) is 12.9. The second-order valence-corrected chi connectivity index (χ2v) is 13.9. The van der Waals surface area contributed by atoms with E-state index < -0.39 is 0 Å². The van der Waals surface area contributed by atoms with Gasteiger partial charge in [0.1, 0.15) is 11.2 Å². The molecule has 0 unspecified atom stereocenters. The fourth-order valence-electron chi connectivity index (χ4n) is 7.49. The summed E-state index contributed by atoms with van der Waals surface area (Å²) in [4.78, 5) is 2.39. The van der Waals surface area contributed by atoms with E-state index in [1.807, 2.05) is 11.3 Å². The minimum Gasteiger partial charge on any atom is -0.455 e. The highest BCUT2D eigenvalue weighted by Gasteiger charge is 2.21. The zero-order valence-corrected chi connectivity index (χ0v) is 28.5. The van der Waals surface area contributed by atoms with Crippen LogP contribution in [-0.2, 0) is 0 Å². The molecule has 8 aromatic carbocycles. The van der Waals surface area contributed by atoms with E-state index in [2.05, 4.69) is 193 Å². The van der Waals surface area contributed by atoms with Crippen LogP contribution < -0.4 is 4.90 Å². The zero-order chi connectivity index (χ0) is 33.7. The number of hydrogen-bond acceptors (Lipinski definition) is 3. The molecule has 2 heterocycles. The van der Waals surface area contributed by atoms with Crippen LogP contribution in [0, 0.1) is 0 Å². The average Bonchev–Trinajstić information content (AvgIpc) is 3.78. The Hall–Kier alpha value is -6.42. The van der Waals surface area contributed by atoms with Crippen molar-refractivity contribution in [1.29, 1.82) is 0 Å². The molecule has 0 saturated carbocycles. The zero-order valence-electron chi connectivity index (χ0n) is 27.7. The highest BCUT2D eigenvalue weighted by Crippen LogP contribution is 2.48. The van der Waals surface area contributed by atoms with Crippen molar-refractivity contribution in [2.45, 2.75) is 0 Å². The molecule has 0 aliphatic heterocycles. The molecular weight excluding hydrogens is 639 g/mol. The Morgan fingerprint density at radius 2 is 1.00 bits per heavy atom. The molecule has 10 aromatic rings. The molecule has 0 aliphatic rings. The van der Waals surface area contributed by atoms with Crippen LogP contribution in [0.1, 0.15) is 0 Å². The molecule has 3 heteroatoms. The lowest BCUT2D eigenvalue weighted by Gasteiger charge is -2.26. The fraction of sp³-hybridized carbons (Fsp3) is 0. The topological polar surface area (TPSA) is 16.4 Å². The first kappa shape index (κ1) is 29.5. The van der Waals surface area contributed by atoms with Gasteiger partial charge in [-0.1, -0.05) is 146 Å². The predicted octanol–water partition coefficient (Wildman–Crippen LogP) is 14.4. The van der Waals surface area contributed by atoms with Crippen molar-refractivity contribution in [3.8, 4) is 33.4 Å². The Morgan fingerprint density at radius 1 is 0.412 bits per heavy atom. The summed E-state index contributed by atoms with van der Waals surface area (Å²) in [5.74, 6) is 0. The first-order chi connectivity index (χ1) is 25.3. The molecule has 0 amide bonds. The first-order valence-corrected chi connectivity index (χ1v) is 18.1. The number of thiophene rings is 1. The number of para-hydroxylation sites is 1.